The molecule has 1 heterocycles. The Hall–Kier alpha value is -2.22. The van der Waals surface area contributed by atoms with Gasteiger partial charge in [0.25, 0.3) is 0 Å². The van der Waals surface area contributed by atoms with Gasteiger partial charge in [-0.15, -0.1) is 0 Å². The Labute approximate surface area is 98.6 Å². The zero-order valence-electron chi connectivity index (χ0n) is 9.05. The third kappa shape index (κ3) is 0.954. The highest BCUT2D eigenvalue weighted by Crippen LogP contribution is 2.47. The fourth-order valence-corrected chi connectivity index (χ4v) is 2.66. The molecule has 1 aliphatic heterocycles. The summed E-state index contributed by atoms with van der Waals surface area (Å²) in [6.07, 6.45) is 1.93. The summed E-state index contributed by atoms with van der Waals surface area (Å²) in [4.78, 5) is 16.8. The Morgan fingerprint density at radius 2 is 1.29 bits per heavy atom. The van der Waals surface area contributed by atoms with Crippen LogP contribution in [-0.2, 0) is 5.54 Å². The number of rotatable bonds is 0. The minimum absolute atomic E-state index is 0.109. The first-order valence-corrected chi connectivity index (χ1v) is 5.63. The Morgan fingerprint density at radius 3 is 1.76 bits per heavy atom. The molecular weight excluding hydrogens is 210 g/mol. The van der Waals surface area contributed by atoms with E-state index in [2.05, 4.69) is 4.99 Å². The van der Waals surface area contributed by atoms with Crippen LogP contribution in [0.3, 0.4) is 0 Å². The third-order valence-electron chi connectivity index (χ3n) is 3.55. The van der Waals surface area contributed by atoms with Gasteiger partial charge in [-0.25, -0.2) is 0 Å². The fourth-order valence-electron chi connectivity index (χ4n) is 2.66. The number of hydrogen-bond acceptors (Lipinski definition) is 2. The number of carbonyl (C=O) groups is 1. The maximum absolute atomic E-state index is 12.4. The van der Waals surface area contributed by atoms with Crippen molar-refractivity contribution in [2.24, 2.45) is 4.99 Å². The second-order valence-electron chi connectivity index (χ2n) is 4.44. The molecule has 0 unspecified atom stereocenters. The minimum Gasteiger partial charge on any atom is -0.289 e. The highest BCUT2D eigenvalue weighted by atomic mass is 16.1. The zero-order chi connectivity index (χ0) is 11.5. The van der Waals surface area contributed by atoms with Crippen LogP contribution in [0, 0.1) is 0 Å². The number of ketones is 1. The molecule has 2 nitrogen and oxygen atoms in total. The average Bonchev–Trinajstić information content (AvgIpc) is 3.18. The summed E-state index contributed by atoms with van der Waals surface area (Å²) in [5, 5.41) is 0. The molecule has 1 aliphatic carbocycles. The van der Waals surface area contributed by atoms with Crippen LogP contribution in [0.5, 0.6) is 0 Å². The predicted molar refractivity (Wildman–Crippen MR) is 65.6 cm³/mol. The van der Waals surface area contributed by atoms with Crippen molar-refractivity contribution in [3.63, 3.8) is 0 Å². The summed E-state index contributed by atoms with van der Waals surface area (Å²) in [6.45, 7) is 0. The van der Waals surface area contributed by atoms with E-state index in [0.29, 0.717) is 0 Å². The van der Waals surface area contributed by atoms with Crippen molar-refractivity contribution in [2.75, 3.05) is 0 Å². The van der Waals surface area contributed by atoms with Crippen LogP contribution in [0.25, 0.3) is 0 Å². The first-order valence-electron chi connectivity index (χ1n) is 5.63. The lowest BCUT2D eigenvalue weighted by Gasteiger charge is -2.25. The maximum Gasteiger partial charge on any atom is 0.193 e. The van der Waals surface area contributed by atoms with Crippen molar-refractivity contribution in [1.29, 1.82) is 0 Å². The van der Waals surface area contributed by atoms with E-state index in [9.17, 15) is 4.79 Å². The van der Waals surface area contributed by atoms with Crippen LogP contribution in [0.4, 0.5) is 0 Å². The van der Waals surface area contributed by atoms with E-state index in [1.165, 1.54) is 0 Å². The molecule has 0 saturated heterocycles. The molecule has 17 heavy (non-hydrogen) atoms. The van der Waals surface area contributed by atoms with Crippen LogP contribution in [0.1, 0.15) is 27.0 Å². The molecule has 2 aliphatic rings. The van der Waals surface area contributed by atoms with Crippen LogP contribution >= 0.6 is 0 Å². The van der Waals surface area contributed by atoms with Gasteiger partial charge in [0.15, 0.2) is 5.78 Å². The molecule has 2 aromatic rings. The van der Waals surface area contributed by atoms with E-state index in [1.807, 2.05) is 54.7 Å². The van der Waals surface area contributed by atoms with E-state index in [1.54, 1.807) is 0 Å². The standard InChI is InChI=1S/C15H9NO/c17-14-10-5-1-3-7-12(10)15(9-16-15)13-8-4-2-6-11(13)14/h1-9H. The number of benzene rings is 2. The van der Waals surface area contributed by atoms with Gasteiger partial charge in [0.2, 0.25) is 0 Å². The second kappa shape index (κ2) is 2.72. The van der Waals surface area contributed by atoms with Gasteiger partial charge in [0.1, 0.15) is 5.54 Å². The number of aliphatic imine (C=N–C) groups is 1. The molecule has 80 valence electrons. The van der Waals surface area contributed by atoms with E-state index in [-0.39, 0.29) is 11.3 Å². The van der Waals surface area contributed by atoms with Gasteiger partial charge in [-0.2, -0.15) is 0 Å². The predicted octanol–water partition coefficient (Wildman–Crippen LogP) is 2.56. The summed E-state index contributed by atoms with van der Waals surface area (Å²) in [5.41, 5.74) is 3.25. The first-order chi connectivity index (χ1) is 8.33. The summed E-state index contributed by atoms with van der Waals surface area (Å²) < 4.78 is 0. The summed E-state index contributed by atoms with van der Waals surface area (Å²) >= 11 is 0. The number of hydrogen-bond donors (Lipinski definition) is 0. The Bertz CT molecular complexity index is 627. The van der Waals surface area contributed by atoms with Gasteiger partial charge in [-0.1, -0.05) is 48.5 Å². The third-order valence-corrected chi connectivity index (χ3v) is 3.55. The number of fused-ring (bicyclic) bond motifs is 4. The topological polar surface area (TPSA) is 29.4 Å². The van der Waals surface area contributed by atoms with E-state index < -0.39 is 0 Å². The highest BCUT2D eigenvalue weighted by Gasteiger charge is 2.48. The maximum atomic E-state index is 12.4. The smallest absolute Gasteiger partial charge is 0.193 e. The van der Waals surface area contributed by atoms with Crippen molar-refractivity contribution in [1.82, 2.24) is 0 Å². The lowest BCUT2D eigenvalue weighted by Crippen LogP contribution is -2.26. The molecule has 1 spiro atoms. The lowest BCUT2D eigenvalue weighted by atomic mass is 9.76. The second-order valence-corrected chi connectivity index (χ2v) is 4.44. The van der Waals surface area contributed by atoms with Crippen molar-refractivity contribution >= 4 is 12.0 Å². The molecule has 0 radical (unpaired) electrons. The van der Waals surface area contributed by atoms with Gasteiger partial charge < -0.3 is 0 Å². The van der Waals surface area contributed by atoms with E-state index in [4.69, 9.17) is 0 Å². The molecule has 4 rings (SSSR count). The zero-order valence-corrected chi connectivity index (χ0v) is 9.05. The largest absolute Gasteiger partial charge is 0.289 e. The molecular formula is C15H9NO. The quantitative estimate of drug-likeness (QED) is 0.669. The number of nitrogens with zero attached hydrogens (tertiary/aromatic N) is 1. The normalized spacial score (nSPS) is 17.8. The molecule has 0 aromatic heterocycles. The Morgan fingerprint density at radius 1 is 0.824 bits per heavy atom. The van der Waals surface area contributed by atoms with E-state index >= 15 is 0 Å². The molecule has 0 amide bonds. The Kier molecular flexibility index (Phi) is 1.42. The van der Waals surface area contributed by atoms with Crippen LogP contribution in [0.2, 0.25) is 0 Å². The van der Waals surface area contributed by atoms with Crippen molar-refractivity contribution in [3.05, 3.63) is 70.8 Å². The molecule has 2 aromatic carbocycles. The van der Waals surface area contributed by atoms with Crippen molar-refractivity contribution in [3.8, 4) is 0 Å². The molecule has 0 atom stereocenters. The average molecular weight is 219 g/mol. The van der Waals surface area contributed by atoms with Gasteiger partial charge >= 0.3 is 0 Å². The van der Waals surface area contributed by atoms with Gasteiger partial charge in [0.05, 0.1) is 0 Å². The van der Waals surface area contributed by atoms with Gasteiger partial charge in [0, 0.05) is 28.5 Å². The lowest BCUT2D eigenvalue weighted by molar-refractivity contribution is 0.103. The van der Waals surface area contributed by atoms with Crippen LogP contribution < -0.4 is 0 Å². The van der Waals surface area contributed by atoms with Crippen molar-refractivity contribution in [2.45, 2.75) is 5.54 Å². The molecule has 0 saturated carbocycles. The van der Waals surface area contributed by atoms with Crippen molar-refractivity contribution < 1.29 is 4.79 Å². The van der Waals surface area contributed by atoms with Crippen LogP contribution in [-0.4, -0.2) is 12.0 Å². The summed E-state index contributed by atoms with van der Waals surface area (Å²) in [6, 6.07) is 15.5. The minimum atomic E-state index is -0.346. The first kappa shape index (κ1) is 8.88. The molecule has 0 bridgehead atoms. The number of carbonyl (C=O) groups excluding carboxylic acids is 1. The highest BCUT2D eigenvalue weighted by molar-refractivity contribution is 6.16. The van der Waals surface area contributed by atoms with Gasteiger partial charge in [-0.05, 0) is 0 Å². The molecule has 0 N–H and O–H groups in total. The Balaban J connectivity index is 2.10. The molecule has 2 heteroatoms. The van der Waals surface area contributed by atoms with Crippen LogP contribution in [0.15, 0.2) is 53.5 Å². The SMILES string of the molecule is O=C1c2ccccc2C2(C=N2)c2ccccc21. The fraction of sp³-hybridized carbons (Fsp3) is 0.0667. The summed E-state index contributed by atoms with van der Waals surface area (Å²) in [7, 11) is 0. The van der Waals surface area contributed by atoms with E-state index in [0.717, 1.165) is 22.3 Å². The molecule has 0 fully saturated rings. The monoisotopic (exact) mass is 219 g/mol. The van der Waals surface area contributed by atoms with Gasteiger partial charge in [-0.3, -0.25) is 9.79 Å². The summed E-state index contributed by atoms with van der Waals surface area (Å²) in [5.74, 6) is 0.109.